The van der Waals surface area contributed by atoms with Crippen LogP contribution in [0.5, 0.6) is 5.75 Å². The Kier molecular flexibility index (Phi) is 4.10. The topological polar surface area (TPSA) is 96.1 Å². The third kappa shape index (κ3) is 2.94. The van der Waals surface area contributed by atoms with E-state index in [1.54, 1.807) is 12.1 Å². The molecule has 0 aliphatic rings. The summed E-state index contributed by atoms with van der Waals surface area (Å²) in [4.78, 5) is 0. The predicted molar refractivity (Wildman–Crippen MR) is 58.0 cm³/mol. The normalized spacial score (nSPS) is 12.1. The summed E-state index contributed by atoms with van der Waals surface area (Å²) in [5.74, 6) is 0.161. The van der Waals surface area contributed by atoms with Crippen LogP contribution >= 0.6 is 0 Å². The van der Waals surface area contributed by atoms with E-state index in [-0.39, 0.29) is 18.3 Å². The molecular weight excluding hydrogens is 190 g/mol. The standard InChI is InChI=1S/C11H15N3O/c12-5-1-2-8-3-4-11(15)9(6-8)10(14)7-13/h3-4,6,10,15H,1-2,7,13-14H2/t10-/m0/s1. The summed E-state index contributed by atoms with van der Waals surface area (Å²) in [5.41, 5.74) is 12.8. The zero-order valence-corrected chi connectivity index (χ0v) is 8.48. The highest BCUT2D eigenvalue weighted by Gasteiger charge is 2.09. The van der Waals surface area contributed by atoms with Gasteiger partial charge in [-0.1, -0.05) is 12.1 Å². The Morgan fingerprint density at radius 2 is 2.20 bits per heavy atom. The second-order valence-corrected chi connectivity index (χ2v) is 3.39. The lowest BCUT2D eigenvalue weighted by molar-refractivity contribution is 0.461. The van der Waals surface area contributed by atoms with E-state index >= 15 is 0 Å². The van der Waals surface area contributed by atoms with Crippen LogP contribution in [0, 0.1) is 11.3 Å². The summed E-state index contributed by atoms with van der Waals surface area (Å²) in [6, 6.07) is 6.92. The van der Waals surface area contributed by atoms with Gasteiger partial charge in [0.15, 0.2) is 0 Å². The molecule has 0 fully saturated rings. The van der Waals surface area contributed by atoms with Crippen molar-refractivity contribution in [2.45, 2.75) is 18.9 Å². The summed E-state index contributed by atoms with van der Waals surface area (Å²) < 4.78 is 0. The minimum atomic E-state index is -0.355. The fourth-order valence-corrected chi connectivity index (χ4v) is 1.38. The molecule has 0 heterocycles. The number of phenolic OH excluding ortho intramolecular Hbond substituents is 1. The number of nitrogens with two attached hydrogens (primary N) is 2. The van der Waals surface area contributed by atoms with E-state index < -0.39 is 0 Å². The molecule has 4 heteroatoms. The lowest BCUT2D eigenvalue weighted by atomic mass is 10.0. The minimum Gasteiger partial charge on any atom is -0.508 e. The Balaban J connectivity index is 2.90. The highest BCUT2D eigenvalue weighted by atomic mass is 16.3. The van der Waals surface area contributed by atoms with E-state index in [0.717, 1.165) is 5.56 Å². The van der Waals surface area contributed by atoms with Gasteiger partial charge in [0.2, 0.25) is 0 Å². The average molecular weight is 205 g/mol. The Morgan fingerprint density at radius 1 is 1.47 bits per heavy atom. The number of hydrogen-bond acceptors (Lipinski definition) is 4. The molecule has 1 aromatic rings. The largest absolute Gasteiger partial charge is 0.508 e. The van der Waals surface area contributed by atoms with E-state index in [0.29, 0.717) is 18.4 Å². The first-order valence-electron chi connectivity index (χ1n) is 4.83. The Hall–Kier alpha value is -1.57. The van der Waals surface area contributed by atoms with Crippen LogP contribution in [0.1, 0.15) is 23.6 Å². The van der Waals surface area contributed by atoms with Crippen molar-refractivity contribution in [2.24, 2.45) is 11.5 Å². The van der Waals surface area contributed by atoms with Gasteiger partial charge in [-0.2, -0.15) is 5.26 Å². The van der Waals surface area contributed by atoms with Crippen molar-refractivity contribution in [3.8, 4) is 11.8 Å². The van der Waals surface area contributed by atoms with Gasteiger partial charge in [-0.3, -0.25) is 0 Å². The average Bonchev–Trinajstić information content (AvgIpc) is 2.27. The lowest BCUT2D eigenvalue weighted by Crippen LogP contribution is -2.20. The number of benzene rings is 1. The Morgan fingerprint density at radius 3 is 2.80 bits per heavy atom. The molecule has 0 bridgehead atoms. The third-order valence-electron chi connectivity index (χ3n) is 2.27. The Labute approximate surface area is 89.1 Å². The molecule has 5 N–H and O–H groups in total. The van der Waals surface area contributed by atoms with Crippen molar-refractivity contribution in [3.05, 3.63) is 29.3 Å². The van der Waals surface area contributed by atoms with Crippen LogP contribution in [0.3, 0.4) is 0 Å². The van der Waals surface area contributed by atoms with Crippen LogP contribution in [0.4, 0.5) is 0 Å². The maximum atomic E-state index is 9.56. The molecule has 0 unspecified atom stereocenters. The highest BCUT2D eigenvalue weighted by Crippen LogP contribution is 2.23. The summed E-state index contributed by atoms with van der Waals surface area (Å²) >= 11 is 0. The van der Waals surface area contributed by atoms with E-state index in [4.69, 9.17) is 16.7 Å². The number of phenols is 1. The molecular formula is C11H15N3O. The molecule has 1 aromatic carbocycles. The Bertz CT molecular complexity index is 371. The highest BCUT2D eigenvalue weighted by molar-refractivity contribution is 5.38. The van der Waals surface area contributed by atoms with Crippen molar-refractivity contribution in [1.29, 1.82) is 5.26 Å². The SMILES string of the molecule is N#CCCc1ccc(O)c([C@@H](N)CN)c1. The fourth-order valence-electron chi connectivity index (χ4n) is 1.38. The summed E-state index contributed by atoms with van der Waals surface area (Å²) in [6.07, 6.45) is 1.13. The number of nitriles is 1. The predicted octanol–water partition coefficient (Wildman–Crippen LogP) is 0.807. The van der Waals surface area contributed by atoms with E-state index in [9.17, 15) is 5.11 Å². The van der Waals surface area contributed by atoms with Crippen molar-refractivity contribution in [1.82, 2.24) is 0 Å². The van der Waals surface area contributed by atoms with Gasteiger partial charge in [-0.05, 0) is 18.1 Å². The molecule has 0 amide bonds. The molecule has 0 aliphatic heterocycles. The molecule has 0 radical (unpaired) electrons. The molecule has 0 aromatic heterocycles. The maximum Gasteiger partial charge on any atom is 0.120 e. The second-order valence-electron chi connectivity index (χ2n) is 3.39. The number of rotatable bonds is 4. The summed E-state index contributed by atoms with van der Waals surface area (Å²) in [6.45, 7) is 0.287. The molecule has 1 rings (SSSR count). The van der Waals surface area contributed by atoms with E-state index in [1.165, 1.54) is 0 Å². The van der Waals surface area contributed by atoms with Crippen LogP contribution in [0.25, 0.3) is 0 Å². The van der Waals surface area contributed by atoms with Crippen molar-refractivity contribution >= 4 is 0 Å². The van der Waals surface area contributed by atoms with E-state index in [1.807, 2.05) is 6.07 Å². The van der Waals surface area contributed by atoms with Crippen LogP contribution in [-0.4, -0.2) is 11.7 Å². The summed E-state index contributed by atoms with van der Waals surface area (Å²) in [7, 11) is 0. The first-order valence-corrected chi connectivity index (χ1v) is 4.83. The van der Waals surface area contributed by atoms with Crippen molar-refractivity contribution in [3.63, 3.8) is 0 Å². The van der Waals surface area contributed by atoms with Gasteiger partial charge in [-0.15, -0.1) is 0 Å². The lowest BCUT2D eigenvalue weighted by Gasteiger charge is -2.12. The minimum absolute atomic E-state index is 0.161. The van der Waals surface area contributed by atoms with Crippen LogP contribution in [-0.2, 0) is 6.42 Å². The monoisotopic (exact) mass is 205 g/mol. The van der Waals surface area contributed by atoms with Crippen LogP contribution < -0.4 is 11.5 Å². The quantitative estimate of drug-likeness (QED) is 0.677. The van der Waals surface area contributed by atoms with Crippen molar-refractivity contribution in [2.75, 3.05) is 6.54 Å². The molecule has 1 atom stereocenters. The summed E-state index contributed by atoms with van der Waals surface area (Å²) in [5, 5.41) is 18.0. The molecule has 0 spiro atoms. The van der Waals surface area contributed by atoms with Gasteiger partial charge in [-0.25, -0.2) is 0 Å². The number of nitrogens with zero attached hydrogens (tertiary/aromatic N) is 1. The molecule has 15 heavy (non-hydrogen) atoms. The number of aryl methyl sites for hydroxylation is 1. The number of hydrogen-bond donors (Lipinski definition) is 3. The van der Waals surface area contributed by atoms with Gasteiger partial charge in [0, 0.05) is 24.6 Å². The van der Waals surface area contributed by atoms with Gasteiger partial charge in [0.05, 0.1) is 6.07 Å². The first kappa shape index (κ1) is 11.5. The van der Waals surface area contributed by atoms with E-state index in [2.05, 4.69) is 6.07 Å². The first-order chi connectivity index (χ1) is 7.19. The molecule has 0 saturated heterocycles. The fraction of sp³-hybridized carbons (Fsp3) is 0.364. The van der Waals surface area contributed by atoms with Gasteiger partial charge in [0.1, 0.15) is 5.75 Å². The van der Waals surface area contributed by atoms with Crippen LogP contribution in [0.2, 0.25) is 0 Å². The smallest absolute Gasteiger partial charge is 0.120 e. The third-order valence-corrected chi connectivity index (χ3v) is 2.27. The molecule has 0 aliphatic carbocycles. The molecule has 0 saturated carbocycles. The van der Waals surface area contributed by atoms with Gasteiger partial charge in [0.25, 0.3) is 0 Å². The second kappa shape index (κ2) is 5.35. The molecule has 80 valence electrons. The maximum absolute atomic E-state index is 9.56. The van der Waals surface area contributed by atoms with Crippen molar-refractivity contribution < 1.29 is 5.11 Å². The number of aromatic hydroxyl groups is 1. The zero-order chi connectivity index (χ0) is 11.3. The zero-order valence-electron chi connectivity index (χ0n) is 8.48. The van der Waals surface area contributed by atoms with Gasteiger partial charge < -0.3 is 16.6 Å². The van der Waals surface area contributed by atoms with Gasteiger partial charge >= 0.3 is 0 Å². The van der Waals surface area contributed by atoms with Crippen LogP contribution in [0.15, 0.2) is 18.2 Å². The molecule has 4 nitrogen and oxygen atoms in total.